The third kappa shape index (κ3) is 2.63. The van der Waals surface area contributed by atoms with E-state index in [9.17, 15) is 13.6 Å². The molecule has 6 nitrogen and oxygen atoms in total. The summed E-state index contributed by atoms with van der Waals surface area (Å²) in [5, 5.41) is 5.98. The van der Waals surface area contributed by atoms with Crippen LogP contribution in [0.4, 0.5) is 19.3 Å². The largest absolute Gasteiger partial charge is 0.337 e. The van der Waals surface area contributed by atoms with Gasteiger partial charge in [0.15, 0.2) is 5.82 Å². The van der Waals surface area contributed by atoms with Crippen molar-refractivity contribution in [2.75, 3.05) is 11.9 Å². The number of carbonyl (C=O) groups is 1. The summed E-state index contributed by atoms with van der Waals surface area (Å²) in [6, 6.07) is 2.43. The molecule has 1 atom stereocenters. The average molecular weight is 308 g/mol. The van der Waals surface area contributed by atoms with E-state index in [-0.39, 0.29) is 6.04 Å². The van der Waals surface area contributed by atoms with Crippen LogP contribution in [-0.4, -0.2) is 27.6 Å². The van der Waals surface area contributed by atoms with E-state index in [2.05, 4.69) is 15.5 Å². The van der Waals surface area contributed by atoms with Gasteiger partial charge in [0.25, 0.3) is 0 Å². The van der Waals surface area contributed by atoms with Crippen LogP contribution < -0.4 is 5.32 Å². The first-order valence-electron chi connectivity index (χ1n) is 6.88. The summed E-state index contributed by atoms with van der Waals surface area (Å²) in [4.78, 5) is 17.9. The lowest BCUT2D eigenvalue weighted by molar-refractivity contribution is 0.193. The number of aromatic nitrogens is 2. The van der Waals surface area contributed by atoms with Crippen LogP contribution >= 0.6 is 0 Å². The van der Waals surface area contributed by atoms with Crippen molar-refractivity contribution in [3.05, 3.63) is 41.5 Å². The molecule has 0 spiro atoms. The molecule has 1 fully saturated rings. The Hall–Kier alpha value is -2.51. The molecule has 1 aliphatic rings. The van der Waals surface area contributed by atoms with Crippen molar-refractivity contribution in [1.29, 1.82) is 0 Å². The number of rotatable bonds is 2. The summed E-state index contributed by atoms with van der Waals surface area (Å²) in [5.41, 5.74) is -0.458. The second kappa shape index (κ2) is 5.70. The molecule has 0 saturated carbocycles. The quantitative estimate of drug-likeness (QED) is 0.925. The standard InChI is InChI=1S/C14H14F2N4O2/c1-8-17-13(22-19-8)11-6-3-7-20(11)14(21)18-12-9(15)4-2-5-10(12)16/h2,4-5,11H,3,6-7H2,1H3,(H,18,21). The van der Waals surface area contributed by atoms with Crippen LogP contribution in [0.1, 0.15) is 30.6 Å². The number of hydrogen-bond acceptors (Lipinski definition) is 4. The third-order valence-corrected chi connectivity index (χ3v) is 3.54. The van der Waals surface area contributed by atoms with E-state index >= 15 is 0 Å². The maximum Gasteiger partial charge on any atom is 0.322 e. The van der Waals surface area contributed by atoms with Gasteiger partial charge in [-0.25, -0.2) is 13.6 Å². The second-order valence-corrected chi connectivity index (χ2v) is 5.06. The van der Waals surface area contributed by atoms with Crippen LogP contribution in [0.2, 0.25) is 0 Å². The van der Waals surface area contributed by atoms with Crippen LogP contribution in [-0.2, 0) is 0 Å². The van der Waals surface area contributed by atoms with E-state index < -0.39 is 23.4 Å². The van der Waals surface area contributed by atoms with Crippen molar-refractivity contribution >= 4 is 11.7 Å². The molecular formula is C14H14F2N4O2. The normalized spacial score (nSPS) is 17.8. The zero-order chi connectivity index (χ0) is 15.7. The van der Waals surface area contributed by atoms with Crippen LogP contribution in [0, 0.1) is 18.6 Å². The molecule has 1 N–H and O–H groups in total. The summed E-state index contributed by atoms with van der Waals surface area (Å²) < 4.78 is 32.3. The molecule has 1 unspecified atom stereocenters. The van der Waals surface area contributed by atoms with Crippen LogP contribution in [0.25, 0.3) is 0 Å². The maximum absolute atomic E-state index is 13.6. The molecule has 2 amide bonds. The molecule has 0 radical (unpaired) electrons. The molecule has 1 aromatic carbocycles. The molecule has 2 heterocycles. The van der Waals surface area contributed by atoms with Gasteiger partial charge in [0.1, 0.15) is 23.4 Å². The Morgan fingerprint density at radius 1 is 1.41 bits per heavy atom. The van der Waals surface area contributed by atoms with Gasteiger partial charge in [-0.05, 0) is 31.9 Å². The first-order valence-corrected chi connectivity index (χ1v) is 6.88. The number of benzene rings is 1. The number of amides is 2. The van der Waals surface area contributed by atoms with Crippen molar-refractivity contribution < 1.29 is 18.1 Å². The number of nitrogens with one attached hydrogen (secondary N) is 1. The minimum atomic E-state index is -0.822. The average Bonchev–Trinajstić information content (AvgIpc) is 3.11. The Bertz CT molecular complexity index is 684. The van der Waals surface area contributed by atoms with Gasteiger partial charge in [0.05, 0.1) is 0 Å². The molecule has 1 saturated heterocycles. The molecule has 1 aliphatic heterocycles. The topological polar surface area (TPSA) is 71.3 Å². The number of anilines is 1. The minimum Gasteiger partial charge on any atom is -0.337 e. The first-order chi connectivity index (χ1) is 10.6. The van der Waals surface area contributed by atoms with E-state index in [4.69, 9.17) is 4.52 Å². The number of likely N-dealkylation sites (tertiary alicyclic amines) is 1. The minimum absolute atomic E-state index is 0.333. The van der Waals surface area contributed by atoms with E-state index in [1.54, 1.807) is 6.92 Å². The van der Waals surface area contributed by atoms with Gasteiger partial charge < -0.3 is 14.7 Å². The van der Waals surface area contributed by atoms with Crippen molar-refractivity contribution in [1.82, 2.24) is 15.0 Å². The monoisotopic (exact) mass is 308 g/mol. The predicted molar refractivity (Wildman–Crippen MR) is 73.1 cm³/mol. The molecule has 0 aliphatic carbocycles. The lowest BCUT2D eigenvalue weighted by atomic mass is 10.2. The third-order valence-electron chi connectivity index (χ3n) is 3.54. The fraction of sp³-hybridized carbons (Fsp3) is 0.357. The summed E-state index contributed by atoms with van der Waals surface area (Å²) in [6.07, 6.45) is 1.41. The van der Waals surface area contributed by atoms with E-state index in [1.165, 1.54) is 11.0 Å². The first kappa shape index (κ1) is 14.4. The Morgan fingerprint density at radius 3 is 2.77 bits per heavy atom. The Morgan fingerprint density at radius 2 is 2.14 bits per heavy atom. The van der Waals surface area contributed by atoms with Crippen LogP contribution in [0.3, 0.4) is 0 Å². The molecule has 1 aromatic heterocycles. The van der Waals surface area contributed by atoms with E-state index in [1.807, 2.05) is 0 Å². The SMILES string of the molecule is Cc1noc(C2CCCN2C(=O)Nc2c(F)cccc2F)n1. The summed E-state index contributed by atoms with van der Waals surface area (Å²) in [5.74, 6) is -0.836. The van der Waals surface area contributed by atoms with Crippen molar-refractivity contribution in [2.24, 2.45) is 0 Å². The lowest BCUT2D eigenvalue weighted by Crippen LogP contribution is -2.35. The predicted octanol–water partition coefficient (Wildman–Crippen LogP) is 3.03. The van der Waals surface area contributed by atoms with E-state index in [0.29, 0.717) is 24.7 Å². The molecular weight excluding hydrogens is 294 g/mol. The van der Waals surface area contributed by atoms with Crippen molar-refractivity contribution in [2.45, 2.75) is 25.8 Å². The smallest absolute Gasteiger partial charge is 0.322 e. The van der Waals surface area contributed by atoms with Gasteiger partial charge >= 0.3 is 6.03 Å². The second-order valence-electron chi connectivity index (χ2n) is 5.06. The van der Waals surface area contributed by atoms with E-state index in [0.717, 1.165) is 18.6 Å². The zero-order valence-corrected chi connectivity index (χ0v) is 11.8. The molecule has 116 valence electrons. The summed E-state index contributed by atoms with van der Waals surface area (Å²) in [7, 11) is 0. The fourth-order valence-corrected chi connectivity index (χ4v) is 2.51. The Kier molecular flexibility index (Phi) is 3.74. The number of urea groups is 1. The number of halogens is 2. The van der Waals surface area contributed by atoms with Gasteiger partial charge in [-0.15, -0.1) is 0 Å². The highest BCUT2D eigenvalue weighted by Crippen LogP contribution is 2.31. The Labute approximate surface area is 125 Å². The van der Waals surface area contributed by atoms with Crippen molar-refractivity contribution in [3.8, 4) is 0 Å². The van der Waals surface area contributed by atoms with Gasteiger partial charge in [-0.3, -0.25) is 0 Å². The number of aryl methyl sites for hydroxylation is 1. The lowest BCUT2D eigenvalue weighted by Gasteiger charge is -2.22. The highest BCUT2D eigenvalue weighted by molar-refractivity contribution is 5.90. The summed E-state index contributed by atoms with van der Waals surface area (Å²) in [6.45, 7) is 2.13. The zero-order valence-electron chi connectivity index (χ0n) is 11.8. The molecule has 22 heavy (non-hydrogen) atoms. The summed E-state index contributed by atoms with van der Waals surface area (Å²) >= 11 is 0. The van der Waals surface area contributed by atoms with Gasteiger partial charge in [0, 0.05) is 6.54 Å². The van der Waals surface area contributed by atoms with Gasteiger partial charge in [0.2, 0.25) is 5.89 Å². The highest BCUT2D eigenvalue weighted by atomic mass is 19.1. The highest BCUT2D eigenvalue weighted by Gasteiger charge is 2.34. The molecule has 0 bridgehead atoms. The van der Waals surface area contributed by atoms with Crippen molar-refractivity contribution in [3.63, 3.8) is 0 Å². The number of nitrogens with zero attached hydrogens (tertiary/aromatic N) is 3. The molecule has 3 rings (SSSR count). The number of para-hydroxylation sites is 1. The molecule has 2 aromatic rings. The number of carbonyl (C=O) groups excluding carboxylic acids is 1. The van der Waals surface area contributed by atoms with Crippen LogP contribution in [0.5, 0.6) is 0 Å². The Balaban J connectivity index is 1.79. The number of hydrogen-bond donors (Lipinski definition) is 1. The van der Waals surface area contributed by atoms with Gasteiger partial charge in [-0.2, -0.15) is 4.98 Å². The van der Waals surface area contributed by atoms with Crippen LogP contribution in [0.15, 0.2) is 22.7 Å². The molecule has 8 heteroatoms. The van der Waals surface area contributed by atoms with Gasteiger partial charge in [-0.1, -0.05) is 11.2 Å². The fourth-order valence-electron chi connectivity index (χ4n) is 2.51. The maximum atomic E-state index is 13.6.